The average molecular weight is 281 g/mol. The summed E-state index contributed by atoms with van der Waals surface area (Å²) in [5.41, 5.74) is 0. The van der Waals surface area contributed by atoms with Crippen molar-refractivity contribution in [3.63, 3.8) is 0 Å². The van der Waals surface area contributed by atoms with Crippen LogP contribution >= 0.6 is 0 Å². The summed E-state index contributed by atoms with van der Waals surface area (Å²) in [6.45, 7) is 8.65. The van der Waals surface area contributed by atoms with E-state index in [9.17, 15) is 0 Å². The lowest BCUT2D eigenvalue weighted by Crippen LogP contribution is -2.39. The minimum atomic E-state index is 0.811. The van der Waals surface area contributed by atoms with Crippen LogP contribution in [0.1, 0.15) is 45.4 Å². The van der Waals surface area contributed by atoms with Gasteiger partial charge in [0.1, 0.15) is 0 Å². The van der Waals surface area contributed by atoms with Crippen LogP contribution in [-0.2, 0) is 0 Å². The second-order valence-electron chi connectivity index (χ2n) is 7.19. The van der Waals surface area contributed by atoms with Crippen LogP contribution in [0.2, 0.25) is 0 Å². The van der Waals surface area contributed by atoms with Crippen LogP contribution in [0.5, 0.6) is 0 Å². The lowest BCUT2D eigenvalue weighted by molar-refractivity contribution is 0.153. The van der Waals surface area contributed by atoms with E-state index in [2.05, 4.69) is 36.1 Å². The molecule has 0 aromatic carbocycles. The first-order valence-corrected chi connectivity index (χ1v) is 8.79. The standard InChI is InChI=1S/C17H35N3/c1-4-18-17-7-5-6-16(17)10-13-20-11-8-15(9-12-20)14-19(2)3/h15-18H,4-14H2,1-3H3. The number of nitrogens with zero attached hydrogens (tertiary/aromatic N) is 2. The quantitative estimate of drug-likeness (QED) is 0.773. The van der Waals surface area contributed by atoms with Gasteiger partial charge in [-0.2, -0.15) is 0 Å². The highest BCUT2D eigenvalue weighted by Gasteiger charge is 2.27. The molecule has 2 aliphatic rings. The zero-order chi connectivity index (χ0) is 14.4. The molecule has 0 bridgehead atoms. The summed E-state index contributed by atoms with van der Waals surface area (Å²) < 4.78 is 0. The Bertz CT molecular complexity index is 259. The van der Waals surface area contributed by atoms with E-state index in [4.69, 9.17) is 0 Å². The van der Waals surface area contributed by atoms with Crippen molar-refractivity contribution >= 4 is 0 Å². The molecule has 1 N–H and O–H groups in total. The van der Waals surface area contributed by atoms with Crippen LogP contribution in [0.3, 0.4) is 0 Å². The molecule has 2 fully saturated rings. The van der Waals surface area contributed by atoms with E-state index in [0.717, 1.165) is 24.4 Å². The molecule has 118 valence electrons. The van der Waals surface area contributed by atoms with Crippen molar-refractivity contribution in [3.8, 4) is 0 Å². The maximum Gasteiger partial charge on any atom is 0.00956 e. The minimum absolute atomic E-state index is 0.811. The predicted molar refractivity (Wildman–Crippen MR) is 87.1 cm³/mol. The molecule has 3 nitrogen and oxygen atoms in total. The van der Waals surface area contributed by atoms with Gasteiger partial charge in [0.15, 0.2) is 0 Å². The Morgan fingerprint density at radius 3 is 2.50 bits per heavy atom. The van der Waals surface area contributed by atoms with Gasteiger partial charge in [-0.15, -0.1) is 0 Å². The fourth-order valence-electron chi connectivity index (χ4n) is 4.17. The molecule has 0 aromatic heterocycles. The minimum Gasteiger partial charge on any atom is -0.314 e. The monoisotopic (exact) mass is 281 g/mol. The van der Waals surface area contributed by atoms with Gasteiger partial charge in [-0.1, -0.05) is 13.3 Å². The molecule has 1 saturated carbocycles. The van der Waals surface area contributed by atoms with Gasteiger partial charge in [0.2, 0.25) is 0 Å². The van der Waals surface area contributed by atoms with Gasteiger partial charge in [0.25, 0.3) is 0 Å². The summed E-state index contributed by atoms with van der Waals surface area (Å²) in [6, 6.07) is 0.811. The van der Waals surface area contributed by atoms with Crippen molar-refractivity contribution in [1.29, 1.82) is 0 Å². The Hall–Kier alpha value is -0.120. The van der Waals surface area contributed by atoms with E-state index in [1.165, 1.54) is 64.7 Å². The van der Waals surface area contributed by atoms with Crippen LogP contribution in [0.15, 0.2) is 0 Å². The molecule has 1 saturated heterocycles. The van der Waals surface area contributed by atoms with Crippen molar-refractivity contribution in [2.75, 3.05) is 46.8 Å². The van der Waals surface area contributed by atoms with Gasteiger partial charge in [0, 0.05) is 12.6 Å². The number of nitrogens with one attached hydrogen (secondary N) is 1. The zero-order valence-electron chi connectivity index (χ0n) is 13.9. The third-order valence-electron chi connectivity index (χ3n) is 5.27. The number of hydrogen-bond acceptors (Lipinski definition) is 3. The Morgan fingerprint density at radius 1 is 1.10 bits per heavy atom. The van der Waals surface area contributed by atoms with Crippen LogP contribution < -0.4 is 5.32 Å². The summed E-state index contributed by atoms with van der Waals surface area (Å²) in [4.78, 5) is 5.06. The fraction of sp³-hybridized carbons (Fsp3) is 1.00. The van der Waals surface area contributed by atoms with Gasteiger partial charge in [0.05, 0.1) is 0 Å². The van der Waals surface area contributed by atoms with E-state index in [0.29, 0.717) is 0 Å². The highest BCUT2D eigenvalue weighted by molar-refractivity contribution is 4.84. The van der Waals surface area contributed by atoms with Gasteiger partial charge >= 0.3 is 0 Å². The number of likely N-dealkylation sites (tertiary alicyclic amines) is 1. The summed E-state index contributed by atoms with van der Waals surface area (Å²) in [5.74, 6) is 1.87. The van der Waals surface area contributed by atoms with Crippen LogP contribution in [0.25, 0.3) is 0 Å². The van der Waals surface area contributed by atoms with E-state index in [1.807, 2.05) is 0 Å². The number of hydrogen-bond donors (Lipinski definition) is 1. The summed E-state index contributed by atoms with van der Waals surface area (Å²) in [7, 11) is 4.40. The first kappa shape index (κ1) is 16.3. The van der Waals surface area contributed by atoms with Crippen LogP contribution in [0.4, 0.5) is 0 Å². The first-order valence-electron chi connectivity index (χ1n) is 8.79. The second-order valence-corrected chi connectivity index (χ2v) is 7.19. The lowest BCUT2D eigenvalue weighted by atomic mass is 9.94. The van der Waals surface area contributed by atoms with Gasteiger partial charge in [-0.3, -0.25) is 0 Å². The third kappa shape index (κ3) is 5.01. The maximum atomic E-state index is 3.69. The largest absolute Gasteiger partial charge is 0.314 e. The molecule has 2 atom stereocenters. The number of rotatable bonds is 7. The van der Waals surface area contributed by atoms with Crippen molar-refractivity contribution in [2.45, 2.75) is 51.5 Å². The SMILES string of the molecule is CCNC1CCCC1CCN1CCC(CN(C)C)CC1. The molecular formula is C17H35N3. The summed E-state index contributed by atoms with van der Waals surface area (Å²) in [5, 5.41) is 3.69. The Labute approximate surface area is 126 Å². The topological polar surface area (TPSA) is 18.5 Å². The van der Waals surface area contributed by atoms with Crippen molar-refractivity contribution in [1.82, 2.24) is 15.1 Å². The zero-order valence-corrected chi connectivity index (χ0v) is 13.9. The Balaban J connectivity index is 1.63. The van der Waals surface area contributed by atoms with E-state index < -0.39 is 0 Å². The van der Waals surface area contributed by atoms with Gasteiger partial charge < -0.3 is 15.1 Å². The molecule has 2 unspecified atom stereocenters. The molecule has 1 heterocycles. The second kappa shape index (κ2) is 8.35. The highest BCUT2D eigenvalue weighted by Crippen LogP contribution is 2.29. The van der Waals surface area contributed by atoms with Crippen molar-refractivity contribution in [3.05, 3.63) is 0 Å². The van der Waals surface area contributed by atoms with Gasteiger partial charge in [-0.05, 0) is 84.2 Å². The van der Waals surface area contributed by atoms with E-state index in [1.54, 1.807) is 0 Å². The molecule has 20 heavy (non-hydrogen) atoms. The Morgan fingerprint density at radius 2 is 1.85 bits per heavy atom. The highest BCUT2D eigenvalue weighted by atomic mass is 15.1. The van der Waals surface area contributed by atoms with Crippen molar-refractivity contribution < 1.29 is 0 Å². The summed E-state index contributed by atoms with van der Waals surface area (Å²) in [6.07, 6.45) is 8.51. The molecular weight excluding hydrogens is 246 g/mol. The van der Waals surface area contributed by atoms with Crippen LogP contribution in [-0.4, -0.2) is 62.7 Å². The molecule has 0 aromatic rings. The third-order valence-corrected chi connectivity index (χ3v) is 5.27. The molecule has 1 aliphatic heterocycles. The average Bonchev–Trinajstić information content (AvgIpc) is 2.85. The summed E-state index contributed by atoms with van der Waals surface area (Å²) >= 11 is 0. The Kier molecular flexibility index (Phi) is 6.79. The molecule has 0 spiro atoms. The van der Waals surface area contributed by atoms with E-state index in [-0.39, 0.29) is 0 Å². The van der Waals surface area contributed by atoms with Crippen molar-refractivity contribution in [2.24, 2.45) is 11.8 Å². The lowest BCUT2D eigenvalue weighted by Gasteiger charge is -2.34. The van der Waals surface area contributed by atoms with Gasteiger partial charge in [-0.25, -0.2) is 0 Å². The molecule has 3 heteroatoms. The maximum absolute atomic E-state index is 3.69. The molecule has 1 aliphatic carbocycles. The molecule has 0 radical (unpaired) electrons. The molecule has 2 rings (SSSR count). The normalized spacial score (nSPS) is 29.4. The smallest absolute Gasteiger partial charge is 0.00956 e. The predicted octanol–water partition coefficient (Wildman–Crippen LogP) is 2.43. The number of piperidine rings is 1. The fourth-order valence-corrected chi connectivity index (χ4v) is 4.17. The first-order chi connectivity index (χ1) is 9.69. The van der Waals surface area contributed by atoms with E-state index >= 15 is 0 Å². The molecule has 0 amide bonds. The van der Waals surface area contributed by atoms with Crippen LogP contribution in [0, 0.1) is 11.8 Å².